The van der Waals surface area contributed by atoms with Crippen molar-refractivity contribution in [2.45, 2.75) is 29.4 Å². The summed E-state index contributed by atoms with van der Waals surface area (Å²) in [7, 11) is -7.51. The van der Waals surface area contributed by atoms with Gasteiger partial charge in [0, 0.05) is 0 Å². The van der Waals surface area contributed by atoms with E-state index in [1.54, 1.807) is 19.1 Å². The highest BCUT2D eigenvalue weighted by Gasteiger charge is 2.54. The van der Waals surface area contributed by atoms with Gasteiger partial charge in [-0.1, -0.05) is 17.7 Å². The number of carbonyl (C=O) groups is 1. The Morgan fingerprint density at radius 3 is 2.14 bits per heavy atom. The summed E-state index contributed by atoms with van der Waals surface area (Å²) in [5.41, 5.74) is 2.23. The Morgan fingerprint density at radius 2 is 1.68 bits per heavy atom. The Kier molecular flexibility index (Phi) is 4.33. The van der Waals surface area contributed by atoms with Crippen LogP contribution in [0.15, 0.2) is 29.2 Å². The van der Waals surface area contributed by atoms with Crippen LogP contribution in [-0.4, -0.2) is 44.2 Å². The molecule has 1 amide bonds. The lowest BCUT2D eigenvalue weighted by Crippen LogP contribution is -2.55. The Labute approximate surface area is 129 Å². The van der Waals surface area contributed by atoms with Crippen LogP contribution in [0.1, 0.15) is 18.4 Å². The molecule has 0 bridgehead atoms. The van der Waals surface area contributed by atoms with Crippen LogP contribution < -0.4 is 5.48 Å². The van der Waals surface area contributed by atoms with Crippen molar-refractivity contribution < 1.29 is 26.8 Å². The lowest BCUT2D eigenvalue weighted by atomic mass is 10.0. The molecule has 1 aromatic rings. The third-order valence-corrected chi connectivity index (χ3v) is 8.16. The molecular formula is C13H17NO6S2. The van der Waals surface area contributed by atoms with Crippen molar-refractivity contribution in [1.82, 2.24) is 5.48 Å². The molecule has 0 saturated carbocycles. The largest absolute Gasteiger partial charge is 0.289 e. The molecule has 9 heteroatoms. The zero-order valence-electron chi connectivity index (χ0n) is 11.9. The maximum Gasteiger partial charge on any atom is 0.265 e. The summed E-state index contributed by atoms with van der Waals surface area (Å²) >= 11 is 0. The molecule has 1 aliphatic heterocycles. The molecule has 0 radical (unpaired) electrons. The number of amides is 1. The van der Waals surface area contributed by atoms with E-state index in [1.165, 1.54) is 17.6 Å². The summed E-state index contributed by atoms with van der Waals surface area (Å²) in [6.07, 6.45) is -0.754. The van der Waals surface area contributed by atoms with E-state index in [0.717, 1.165) is 5.56 Å². The second kappa shape index (κ2) is 5.64. The van der Waals surface area contributed by atoms with Gasteiger partial charge in [-0.2, -0.15) is 0 Å². The van der Waals surface area contributed by atoms with Crippen LogP contribution in [0.4, 0.5) is 0 Å². The van der Waals surface area contributed by atoms with E-state index in [9.17, 15) is 21.6 Å². The fourth-order valence-corrected chi connectivity index (χ4v) is 6.29. The van der Waals surface area contributed by atoms with Gasteiger partial charge in [0.1, 0.15) is 9.84 Å². The number of rotatable bonds is 3. The van der Waals surface area contributed by atoms with E-state index >= 15 is 0 Å². The predicted molar refractivity (Wildman–Crippen MR) is 78.9 cm³/mol. The minimum absolute atomic E-state index is 0.0685. The van der Waals surface area contributed by atoms with Crippen molar-refractivity contribution >= 4 is 25.6 Å². The quantitative estimate of drug-likeness (QED) is 0.597. The van der Waals surface area contributed by atoms with Gasteiger partial charge in [-0.05, 0) is 31.9 Å². The summed E-state index contributed by atoms with van der Waals surface area (Å²) in [6, 6.07) is 5.94. The van der Waals surface area contributed by atoms with Crippen molar-refractivity contribution in [3.63, 3.8) is 0 Å². The maximum absolute atomic E-state index is 12.9. The molecule has 7 nitrogen and oxygen atoms in total. The monoisotopic (exact) mass is 347 g/mol. The molecule has 0 aliphatic carbocycles. The summed E-state index contributed by atoms with van der Waals surface area (Å²) in [4.78, 5) is 12.0. The van der Waals surface area contributed by atoms with E-state index in [4.69, 9.17) is 5.21 Å². The molecule has 1 heterocycles. The average Bonchev–Trinajstić information content (AvgIpc) is 2.47. The van der Waals surface area contributed by atoms with E-state index in [-0.39, 0.29) is 17.7 Å². The van der Waals surface area contributed by atoms with Crippen LogP contribution in [0.25, 0.3) is 0 Å². The minimum Gasteiger partial charge on any atom is -0.289 e. The second-order valence-electron chi connectivity index (χ2n) is 5.40. The van der Waals surface area contributed by atoms with E-state index in [2.05, 4.69) is 0 Å². The van der Waals surface area contributed by atoms with Crippen LogP contribution in [0.5, 0.6) is 0 Å². The molecular weight excluding hydrogens is 330 g/mol. The first-order valence-corrected chi connectivity index (χ1v) is 9.91. The lowest BCUT2D eigenvalue weighted by Gasteiger charge is -2.34. The average molecular weight is 347 g/mol. The van der Waals surface area contributed by atoms with Gasteiger partial charge >= 0.3 is 0 Å². The number of nitrogens with one attached hydrogen (secondary N) is 1. The van der Waals surface area contributed by atoms with E-state index in [1.807, 2.05) is 0 Å². The Balaban J connectivity index is 2.55. The molecule has 1 aromatic carbocycles. The Morgan fingerprint density at radius 1 is 1.18 bits per heavy atom. The minimum atomic E-state index is -4.14. The number of sulfone groups is 2. The van der Waals surface area contributed by atoms with Gasteiger partial charge in [-0.15, -0.1) is 0 Å². The first kappa shape index (κ1) is 16.9. The molecule has 0 atom stereocenters. The first-order chi connectivity index (χ1) is 10.1. The molecule has 2 N–H and O–H groups in total. The molecule has 2 rings (SSSR count). The normalized spacial score (nSPS) is 20.3. The second-order valence-corrected chi connectivity index (χ2v) is 9.97. The fourth-order valence-electron chi connectivity index (χ4n) is 2.53. The fraction of sp³-hybridized carbons (Fsp3) is 0.462. The molecule has 122 valence electrons. The van der Waals surface area contributed by atoms with Crippen molar-refractivity contribution in [3.05, 3.63) is 29.8 Å². The molecule has 0 aromatic heterocycles. The molecule has 1 saturated heterocycles. The van der Waals surface area contributed by atoms with Crippen LogP contribution in [0.2, 0.25) is 0 Å². The topological polar surface area (TPSA) is 118 Å². The van der Waals surface area contributed by atoms with Crippen molar-refractivity contribution in [1.29, 1.82) is 0 Å². The smallest absolute Gasteiger partial charge is 0.265 e. The van der Waals surface area contributed by atoms with Crippen molar-refractivity contribution in [2.24, 2.45) is 0 Å². The van der Waals surface area contributed by atoms with Gasteiger partial charge in [0.25, 0.3) is 5.91 Å². The molecule has 22 heavy (non-hydrogen) atoms. The zero-order chi connectivity index (χ0) is 16.6. The highest BCUT2D eigenvalue weighted by atomic mass is 32.2. The summed E-state index contributed by atoms with van der Waals surface area (Å²) in [6.45, 7) is 1.79. The van der Waals surface area contributed by atoms with Crippen LogP contribution in [0.3, 0.4) is 0 Å². The highest BCUT2D eigenvalue weighted by Crippen LogP contribution is 2.36. The number of benzene rings is 1. The number of hydroxylamine groups is 1. The summed E-state index contributed by atoms with van der Waals surface area (Å²) in [5, 5.41) is 8.92. The third-order valence-electron chi connectivity index (χ3n) is 3.99. The third kappa shape index (κ3) is 2.75. The molecule has 0 spiro atoms. The van der Waals surface area contributed by atoms with Crippen molar-refractivity contribution in [2.75, 3.05) is 11.5 Å². The van der Waals surface area contributed by atoms with Crippen LogP contribution >= 0.6 is 0 Å². The number of hydrogen-bond acceptors (Lipinski definition) is 6. The number of carbonyl (C=O) groups excluding carboxylic acids is 1. The van der Waals surface area contributed by atoms with Gasteiger partial charge in [0.2, 0.25) is 0 Å². The van der Waals surface area contributed by atoms with E-state index in [0.29, 0.717) is 0 Å². The van der Waals surface area contributed by atoms with E-state index < -0.39 is 41.8 Å². The van der Waals surface area contributed by atoms with Gasteiger partial charge in [-0.3, -0.25) is 10.0 Å². The van der Waals surface area contributed by atoms with Gasteiger partial charge in [0.15, 0.2) is 14.6 Å². The SMILES string of the molecule is Cc1ccc(S(=O)(=O)C2(C(=O)NO)CCS(=O)(=O)CC2)cc1. The van der Waals surface area contributed by atoms with Crippen LogP contribution in [-0.2, 0) is 24.5 Å². The van der Waals surface area contributed by atoms with Gasteiger partial charge < -0.3 is 0 Å². The number of hydrogen-bond donors (Lipinski definition) is 2. The predicted octanol–water partition coefficient (Wildman–Crippen LogP) is 0.222. The summed E-state index contributed by atoms with van der Waals surface area (Å²) in [5.74, 6) is -1.92. The van der Waals surface area contributed by atoms with Gasteiger partial charge in [0.05, 0.1) is 16.4 Å². The maximum atomic E-state index is 12.9. The first-order valence-electron chi connectivity index (χ1n) is 6.61. The van der Waals surface area contributed by atoms with Crippen molar-refractivity contribution in [3.8, 4) is 0 Å². The highest BCUT2D eigenvalue weighted by molar-refractivity contribution is 7.94. The Hall–Kier alpha value is -1.45. The molecule has 0 unspecified atom stereocenters. The van der Waals surface area contributed by atoms with Crippen LogP contribution in [0, 0.1) is 6.92 Å². The zero-order valence-corrected chi connectivity index (χ0v) is 13.6. The summed E-state index contributed by atoms with van der Waals surface area (Å²) < 4.78 is 46.9. The lowest BCUT2D eigenvalue weighted by molar-refractivity contribution is -0.132. The standard InChI is InChI=1S/C13H17NO6S2/c1-10-2-4-11(5-3-10)22(19,20)13(12(15)14-16)6-8-21(17,18)9-7-13/h2-5,16H,6-9H2,1H3,(H,14,15). The number of aryl methyl sites for hydroxylation is 1. The Bertz CT molecular complexity index is 766. The molecule has 1 fully saturated rings. The molecule has 1 aliphatic rings. The van der Waals surface area contributed by atoms with Gasteiger partial charge in [-0.25, -0.2) is 22.3 Å².